The first-order chi connectivity index (χ1) is 10.6. The minimum Gasteiger partial charge on any atom is -0.332 e. The molecule has 1 aliphatic heterocycles. The van der Waals surface area contributed by atoms with Gasteiger partial charge in [0.25, 0.3) is 0 Å². The molecule has 1 aromatic rings. The zero-order chi connectivity index (χ0) is 15.9. The molecule has 1 saturated heterocycles. The van der Waals surface area contributed by atoms with E-state index < -0.39 is 11.8 Å². The minimum absolute atomic E-state index is 0.442. The maximum Gasteiger partial charge on any atom is 0.313 e. The first kappa shape index (κ1) is 16.5. The van der Waals surface area contributed by atoms with Crippen LogP contribution in [0.3, 0.4) is 0 Å². The summed E-state index contributed by atoms with van der Waals surface area (Å²) in [6, 6.07) is 7.73. The summed E-state index contributed by atoms with van der Waals surface area (Å²) >= 11 is 0. The molecule has 0 radical (unpaired) electrons. The molecule has 0 aliphatic carbocycles. The number of benzene rings is 1. The van der Waals surface area contributed by atoms with Crippen LogP contribution in [0.2, 0.25) is 0 Å². The summed E-state index contributed by atoms with van der Waals surface area (Å²) in [4.78, 5) is 27.9. The smallest absolute Gasteiger partial charge is 0.313 e. The standard InChI is InChI=1S/C17H25N3O2/c1-3-4-5-14-6-8-15(9-7-14)18-16(21)17(22)20-12-10-19(2)11-13-20/h6-9H,3-5,10-13H2,1-2H3,(H,18,21). The van der Waals surface area contributed by atoms with Gasteiger partial charge in [-0.3, -0.25) is 9.59 Å². The predicted octanol–water partition coefficient (Wildman–Crippen LogP) is 1.74. The van der Waals surface area contributed by atoms with Gasteiger partial charge in [-0.05, 0) is 37.6 Å². The topological polar surface area (TPSA) is 52.7 Å². The lowest BCUT2D eigenvalue weighted by Crippen LogP contribution is -2.50. The first-order valence-electron chi connectivity index (χ1n) is 7.98. The first-order valence-corrected chi connectivity index (χ1v) is 7.98. The van der Waals surface area contributed by atoms with Gasteiger partial charge in [-0.1, -0.05) is 25.5 Å². The molecule has 5 nitrogen and oxygen atoms in total. The van der Waals surface area contributed by atoms with Gasteiger partial charge in [0, 0.05) is 31.9 Å². The predicted molar refractivity (Wildman–Crippen MR) is 87.8 cm³/mol. The average Bonchev–Trinajstić information content (AvgIpc) is 2.54. The van der Waals surface area contributed by atoms with Crippen molar-refractivity contribution in [3.05, 3.63) is 29.8 Å². The van der Waals surface area contributed by atoms with Crippen molar-refractivity contribution in [2.45, 2.75) is 26.2 Å². The number of likely N-dealkylation sites (N-methyl/N-ethyl adjacent to an activating group) is 1. The van der Waals surface area contributed by atoms with Gasteiger partial charge in [-0.15, -0.1) is 0 Å². The average molecular weight is 303 g/mol. The summed E-state index contributed by atoms with van der Waals surface area (Å²) in [5, 5.41) is 2.69. The fraction of sp³-hybridized carbons (Fsp3) is 0.529. The Hall–Kier alpha value is -1.88. The lowest BCUT2D eigenvalue weighted by molar-refractivity contribution is -0.144. The Balaban J connectivity index is 1.87. The number of hydrogen-bond donors (Lipinski definition) is 1. The number of anilines is 1. The van der Waals surface area contributed by atoms with Crippen molar-refractivity contribution in [1.82, 2.24) is 9.80 Å². The maximum atomic E-state index is 12.1. The van der Waals surface area contributed by atoms with Gasteiger partial charge in [0.05, 0.1) is 0 Å². The third-order valence-corrected chi connectivity index (χ3v) is 4.02. The summed E-state index contributed by atoms with van der Waals surface area (Å²) in [5.74, 6) is -0.992. The molecule has 120 valence electrons. The molecule has 0 bridgehead atoms. The molecule has 0 saturated carbocycles. The van der Waals surface area contributed by atoms with E-state index in [1.807, 2.05) is 31.3 Å². The lowest BCUT2D eigenvalue weighted by Gasteiger charge is -2.31. The SMILES string of the molecule is CCCCc1ccc(NC(=O)C(=O)N2CCN(C)CC2)cc1. The Morgan fingerprint density at radius 2 is 1.73 bits per heavy atom. The van der Waals surface area contributed by atoms with Gasteiger partial charge >= 0.3 is 11.8 Å². The molecule has 2 rings (SSSR count). The van der Waals surface area contributed by atoms with Crippen LogP contribution in [0.4, 0.5) is 5.69 Å². The van der Waals surface area contributed by atoms with Crippen LogP contribution in [-0.2, 0) is 16.0 Å². The molecular formula is C17H25N3O2. The van der Waals surface area contributed by atoms with Crippen LogP contribution in [0.1, 0.15) is 25.3 Å². The molecular weight excluding hydrogens is 278 g/mol. The fourth-order valence-electron chi connectivity index (χ4n) is 2.47. The molecule has 2 amide bonds. The highest BCUT2D eigenvalue weighted by molar-refractivity contribution is 6.39. The minimum atomic E-state index is -0.550. The number of carbonyl (C=O) groups is 2. The van der Waals surface area contributed by atoms with E-state index in [1.165, 1.54) is 5.56 Å². The second-order valence-corrected chi connectivity index (χ2v) is 5.85. The molecule has 5 heteroatoms. The van der Waals surface area contributed by atoms with E-state index >= 15 is 0 Å². The zero-order valence-electron chi connectivity index (χ0n) is 13.5. The zero-order valence-corrected chi connectivity index (χ0v) is 13.5. The van der Waals surface area contributed by atoms with Crippen LogP contribution in [0.15, 0.2) is 24.3 Å². The van der Waals surface area contributed by atoms with Crippen LogP contribution in [0.5, 0.6) is 0 Å². The number of carbonyl (C=O) groups excluding carboxylic acids is 2. The van der Waals surface area contributed by atoms with Crippen molar-refractivity contribution in [3.8, 4) is 0 Å². The molecule has 1 N–H and O–H groups in total. The number of amides is 2. The van der Waals surface area contributed by atoms with E-state index in [0.29, 0.717) is 18.8 Å². The van der Waals surface area contributed by atoms with E-state index in [-0.39, 0.29) is 0 Å². The number of nitrogens with zero attached hydrogens (tertiary/aromatic N) is 2. The van der Waals surface area contributed by atoms with Crippen LogP contribution in [-0.4, -0.2) is 54.8 Å². The molecule has 1 aliphatic rings. The van der Waals surface area contributed by atoms with Crippen molar-refractivity contribution in [3.63, 3.8) is 0 Å². The van der Waals surface area contributed by atoms with Gasteiger partial charge in [0.1, 0.15) is 0 Å². The highest BCUT2D eigenvalue weighted by Gasteiger charge is 2.24. The van der Waals surface area contributed by atoms with Crippen molar-refractivity contribution in [1.29, 1.82) is 0 Å². The number of aryl methyl sites for hydroxylation is 1. The molecule has 0 unspecified atom stereocenters. The summed E-state index contributed by atoms with van der Waals surface area (Å²) in [5.41, 5.74) is 1.93. The molecule has 1 fully saturated rings. The second-order valence-electron chi connectivity index (χ2n) is 5.85. The molecule has 1 aromatic carbocycles. The Morgan fingerprint density at radius 3 is 2.32 bits per heavy atom. The Bertz CT molecular complexity index is 505. The molecule has 0 aromatic heterocycles. The third kappa shape index (κ3) is 4.56. The summed E-state index contributed by atoms with van der Waals surface area (Å²) in [6.07, 6.45) is 3.37. The molecule has 1 heterocycles. The highest BCUT2D eigenvalue weighted by atomic mass is 16.2. The van der Waals surface area contributed by atoms with Crippen LogP contribution < -0.4 is 5.32 Å². The van der Waals surface area contributed by atoms with E-state index in [0.717, 1.165) is 32.4 Å². The summed E-state index contributed by atoms with van der Waals surface area (Å²) in [6.45, 7) is 5.01. The van der Waals surface area contributed by atoms with E-state index in [2.05, 4.69) is 17.1 Å². The molecule has 22 heavy (non-hydrogen) atoms. The van der Waals surface area contributed by atoms with Crippen molar-refractivity contribution in [2.24, 2.45) is 0 Å². The molecule has 0 atom stereocenters. The van der Waals surface area contributed by atoms with Gasteiger partial charge < -0.3 is 15.1 Å². The maximum absolute atomic E-state index is 12.1. The quantitative estimate of drug-likeness (QED) is 0.862. The van der Waals surface area contributed by atoms with Crippen molar-refractivity contribution < 1.29 is 9.59 Å². The van der Waals surface area contributed by atoms with Gasteiger partial charge in [-0.25, -0.2) is 0 Å². The normalized spacial score (nSPS) is 15.6. The van der Waals surface area contributed by atoms with Crippen molar-refractivity contribution >= 4 is 17.5 Å². The summed E-state index contributed by atoms with van der Waals surface area (Å²) < 4.78 is 0. The largest absolute Gasteiger partial charge is 0.332 e. The third-order valence-electron chi connectivity index (χ3n) is 4.02. The monoisotopic (exact) mass is 303 g/mol. The molecule has 0 spiro atoms. The fourth-order valence-corrected chi connectivity index (χ4v) is 2.47. The summed E-state index contributed by atoms with van der Waals surface area (Å²) in [7, 11) is 2.02. The Labute approximate surface area is 132 Å². The van der Waals surface area contributed by atoms with E-state index in [4.69, 9.17) is 0 Å². The number of hydrogen-bond acceptors (Lipinski definition) is 3. The van der Waals surface area contributed by atoms with Crippen LogP contribution >= 0.6 is 0 Å². The van der Waals surface area contributed by atoms with Crippen LogP contribution in [0, 0.1) is 0 Å². The number of unbranched alkanes of at least 4 members (excludes halogenated alkanes) is 1. The second kappa shape index (κ2) is 7.94. The van der Waals surface area contributed by atoms with Crippen molar-refractivity contribution in [2.75, 3.05) is 38.5 Å². The Morgan fingerprint density at radius 1 is 1.09 bits per heavy atom. The van der Waals surface area contributed by atoms with Gasteiger partial charge in [0.2, 0.25) is 0 Å². The van der Waals surface area contributed by atoms with Gasteiger partial charge in [0.15, 0.2) is 0 Å². The number of rotatable bonds is 4. The van der Waals surface area contributed by atoms with Crippen LogP contribution in [0.25, 0.3) is 0 Å². The highest BCUT2D eigenvalue weighted by Crippen LogP contribution is 2.12. The van der Waals surface area contributed by atoms with E-state index in [1.54, 1.807) is 4.90 Å². The lowest BCUT2D eigenvalue weighted by atomic mass is 10.1. The number of piperazine rings is 1. The van der Waals surface area contributed by atoms with Gasteiger partial charge in [-0.2, -0.15) is 0 Å². The number of nitrogens with one attached hydrogen (secondary N) is 1. The Kier molecular flexibility index (Phi) is 5.95. The van der Waals surface area contributed by atoms with E-state index in [9.17, 15) is 9.59 Å².